The molecule has 28 heavy (non-hydrogen) atoms. The van der Waals surface area contributed by atoms with Crippen LogP contribution in [0.1, 0.15) is 41.0 Å². The number of rotatable bonds is 5. The zero-order chi connectivity index (χ0) is 20.5. The highest BCUT2D eigenvalue weighted by Gasteiger charge is 2.31. The molecular formula is C19H23N3O4S2. The summed E-state index contributed by atoms with van der Waals surface area (Å²) in [5, 5.41) is 4.67. The van der Waals surface area contributed by atoms with Crippen molar-refractivity contribution in [3.05, 3.63) is 46.8 Å². The quantitative estimate of drug-likeness (QED) is 0.773. The first kappa shape index (κ1) is 20.5. The van der Waals surface area contributed by atoms with Crippen LogP contribution in [0.3, 0.4) is 0 Å². The summed E-state index contributed by atoms with van der Waals surface area (Å²) < 4.78 is 27.3. The van der Waals surface area contributed by atoms with E-state index in [-0.39, 0.29) is 10.5 Å². The average Bonchev–Trinajstić information content (AvgIpc) is 3.09. The van der Waals surface area contributed by atoms with Gasteiger partial charge in [-0.25, -0.2) is 8.42 Å². The molecule has 1 aliphatic rings. The van der Waals surface area contributed by atoms with Gasteiger partial charge in [0.15, 0.2) is 0 Å². The molecule has 0 radical (unpaired) electrons. The Hall–Kier alpha value is -2.23. The molecule has 1 saturated heterocycles. The predicted octanol–water partition coefficient (Wildman–Crippen LogP) is 2.77. The second-order valence-corrected chi connectivity index (χ2v) is 10.1. The first-order chi connectivity index (χ1) is 13.2. The van der Waals surface area contributed by atoms with Crippen molar-refractivity contribution >= 4 is 38.2 Å². The van der Waals surface area contributed by atoms with Gasteiger partial charge in [0, 0.05) is 18.7 Å². The van der Waals surface area contributed by atoms with Gasteiger partial charge < -0.3 is 11.1 Å². The minimum atomic E-state index is -3.60. The van der Waals surface area contributed by atoms with Gasteiger partial charge in [0.05, 0.1) is 10.5 Å². The highest BCUT2D eigenvalue weighted by molar-refractivity contribution is 7.89. The molecule has 1 fully saturated rings. The summed E-state index contributed by atoms with van der Waals surface area (Å²) in [6, 6.07) is 7.36. The lowest BCUT2D eigenvalue weighted by molar-refractivity contribution is 0.100. The zero-order valence-electron chi connectivity index (χ0n) is 15.7. The molecule has 150 valence electrons. The predicted molar refractivity (Wildman–Crippen MR) is 109 cm³/mol. The van der Waals surface area contributed by atoms with Crippen molar-refractivity contribution in [1.82, 2.24) is 4.31 Å². The minimum absolute atomic E-state index is 0.166. The Labute approximate surface area is 168 Å². The van der Waals surface area contributed by atoms with Gasteiger partial charge in [-0.3, -0.25) is 9.59 Å². The van der Waals surface area contributed by atoms with Crippen LogP contribution in [0.4, 0.5) is 5.00 Å². The molecule has 3 N–H and O–H groups in total. The fourth-order valence-corrected chi connectivity index (χ4v) is 5.97. The number of benzene rings is 1. The lowest BCUT2D eigenvalue weighted by Crippen LogP contribution is -2.42. The number of sulfonamides is 1. The van der Waals surface area contributed by atoms with Crippen molar-refractivity contribution in [2.45, 2.75) is 25.2 Å². The zero-order valence-corrected chi connectivity index (χ0v) is 17.3. The van der Waals surface area contributed by atoms with E-state index in [1.54, 1.807) is 11.4 Å². The van der Waals surface area contributed by atoms with Gasteiger partial charge in [0.1, 0.15) is 5.00 Å². The van der Waals surface area contributed by atoms with Crippen LogP contribution in [-0.4, -0.2) is 37.6 Å². The third-order valence-corrected chi connectivity index (χ3v) is 7.42. The van der Waals surface area contributed by atoms with Crippen LogP contribution in [0.25, 0.3) is 0 Å². The van der Waals surface area contributed by atoms with Gasteiger partial charge in [-0.1, -0.05) is 13.8 Å². The van der Waals surface area contributed by atoms with E-state index in [2.05, 4.69) is 19.2 Å². The van der Waals surface area contributed by atoms with Crippen molar-refractivity contribution in [2.24, 2.45) is 17.6 Å². The molecular weight excluding hydrogens is 398 g/mol. The summed E-state index contributed by atoms with van der Waals surface area (Å²) >= 11 is 1.19. The number of hydrogen-bond acceptors (Lipinski definition) is 5. The lowest BCUT2D eigenvalue weighted by Gasteiger charge is -2.34. The number of nitrogens with one attached hydrogen (secondary N) is 1. The van der Waals surface area contributed by atoms with Crippen molar-refractivity contribution in [3.63, 3.8) is 0 Å². The fourth-order valence-electron chi connectivity index (χ4n) is 3.50. The third kappa shape index (κ3) is 4.26. The minimum Gasteiger partial charge on any atom is -0.366 e. The Morgan fingerprint density at radius 2 is 1.71 bits per heavy atom. The lowest BCUT2D eigenvalue weighted by atomic mass is 9.94. The summed E-state index contributed by atoms with van der Waals surface area (Å²) in [5.41, 5.74) is 5.81. The maximum atomic E-state index is 12.9. The Kier molecular flexibility index (Phi) is 5.87. The van der Waals surface area contributed by atoms with E-state index in [1.807, 2.05) is 0 Å². The second-order valence-electron chi connectivity index (χ2n) is 7.27. The highest BCUT2D eigenvalue weighted by Crippen LogP contribution is 2.27. The van der Waals surface area contributed by atoms with E-state index in [0.29, 0.717) is 35.5 Å². The molecule has 1 aromatic carbocycles. The first-order valence-corrected chi connectivity index (χ1v) is 11.3. The number of nitrogens with zero attached hydrogens (tertiary/aromatic N) is 1. The average molecular weight is 422 g/mol. The van der Waals surface area contributed by atoms with Gasteiger partial charge in [-0.2, -0.15) is 4.31 Å². The fraction of sp³-hybridized carbons (Fsp3) is 0.368. The van der Waals surface area contributed by atoms with Gasteiger partial charge in [0.2, 0.25) is 10.0 Å². The van der Waals surface area contributed by atoms with E-state index >= 15 is 0 Å². The number of piperidine rings is 1. The smallest absolute Gasteiger partial charge is 0.256 e. The Morgan fingerprint density at radius 1 is 1.11 bits per heavy atom. The number of amides is 2. The van der Waals surface area contributed by atoms with Crippen molar-refractivity contribution < 1.29 is 18.0 Å². The van der Waals surface area contributed by atoms with Crippen LogP contribution in [0.15, 0.2) is 40.6 Å². The van der Waals surface area contributed by atoms with Crippen LogP contribution in [0.2, 0.25) is 0 Å². The molecule has 7 nitrogen and oxygen atoms in total. The van der Waals surface area contributed by atoms with Crippen LogP contribution in [0, 0.1) is 11.8 Å². The van der Waals surface area contributed by atoms with E-state index in [4.69, 9.17) is 5.73 Å². The Balaban J connectivity index is 1.76. The molecule has 0 saturated carbocycles. The van der Waals surface area contributed by atoms with Gasteiger partial charge >= 0.3 is 0 Å². The van der Waals surface area contributed by atoms with Crippen molar-refractivity contribution in [3.8, 4) is 0 Å². The van der Waals surface area contributed by atoms with Crippen LogP contribution in [-0.2, 0) is 10.0 Å². The number of nitrogens with two attached hydrogens (primary N) is 1. The number of carbonyl (C=O) groups is 2. The topological polar surface area (TPSA) is 110 Å². The van der Waals surface area contributed by atoms with E-state index < -0.39 is 21.8 Å². The molecule has 9 heteroatoms. The summed E-state index contributed by atoms with van der Waals surface area (Å²) in [4.78, 5) is 23.9. The van der Waals surface area contributed by atoms with Crippen LogP contribution >= 0.6 is 11.3 Å². The SMILES string of the molecule is C[C@@H]1C[C@@H](C)CN(S(=O)(=O)c2ccc(C(=O)Nc3sccc3C(N)=O)cc2)C1. The van der Waals surface area contributed by atoms with Crippen molar-refractivity contribution in [1.29, 1.82) is 0 Å². The normalized spacial score (nSPS) is 20.6. The molecule has 1 aliphatic heterocycles. The van der Waals surface area contributed by atoms with Crippen LogP contribution in [0.5, 0.6) is 0 Å². The van der Waals surface area contributed by atoms with E-state index in [9.17, 15) is 18.0 Å². The van der Waals surface area contributed by atoms with Crippen LogP contribution < -0.4 is 11.1 Å². The molecule has 2 aromatic rings. The Bertz CT molecular complexity index is 973. The van der Waals surface area contributed by atoms with Gasteiger partial charge in [-0.15, -0.1) is 11.3 Å². The molecule has 3 rings (SSSR count). The molecule has 2 amide bonds. The molecule has 2 atom stereocenters. The number of hydrogen-bond donors (Lipinski definition) is 2. The number of carbonyl (C=O) groups excluding carboxylic acids is 2. The monoisotopic (exact) mass is 421 g/mol. The van der Waals surface area contributed by atoms with E-state index in [0.717, 1.165) is 6.42 Å². The first-order valence-electron chi connectivity index (χ1n) is 8.97. The third-order valence-electron chi connectivity index (χ3n) is 4.75. The largest absolute Gasteiger partial charge is 0.366 e. The molecule has 0 aliphatic carbocycles. The maximum Gasteiger partial charge on any atom is 0.256 e. The number of thiophene rings is 1. The number of anilines is 1. The van der Waals surface area contributed by atoms with Crippen molar-refractivity contribution in [2.75, 3.05) is 18.4 Å². The number of primary amides is 1. The molecule has 0 bridgehead atoms. The molecule has 1 aromatic heterocycles. The maximum absolute atomic E-state index is 12.9. The van der Waals surface area contributed by atoms with E-state index in [1.165, 1.54) is 39.9 Å². The summed E-state index contributed by atoms with van der Waals surface area (Å²) in [7, 11) is -3.60. The highest BCUT2D eigenvalue weighted by atomic mass is 32.2. The van der Waals surface area contributed by atoms with Gasteiger partial charge in [0.25, 0.3) is 11.8 Å². The molecule has 2 heterocycles. The summed E-state index contributed by atoms with van der Waals surface area (Å²) in [6.07, 6.45) is 1.02. The molecule has 0 unspecified atom stereocenters. The standard InChI is InChI=1S/C19H23N3O4S2/c1-12-9-13(2)11-22(10-12)28(25,26)15-5-3-14(4-6-15)18(24)21-19-16(17(20)23)7-8-27-19/h3-8,12-13H,9-11H2,1-2H3,(H2,20,23)(H,21,24)/t12-,13-/m1/s1. The van der Waals surface area contributed by atoms with Gasteiger partial charge in [-0.05, 0) is 54.0 Å². The Morgan fingerprint density at radius 3 is 2.29 bits per heavy atom. The summed E-state index contributed by atoms with van der Waals surface area (Å²) in [6.45, 7) is 5.11. The second kappa shape index (κ2) is 8.02. The molecule has 0 spiro atoms. The summed E-state index contributed by atoms with van der Waals surface area (Å²) in [5.74, 6) is -0.431.